The molecule has 28 heavy (non-hydrogen) atoms. The van der Waals surface area contributed by atoms with Gasteiger partial charge in [-0.2, -0.15) is 5.10 Å². The molecule has 4 heterocycles. The summed E-state index contributed by atoms with van der Waals surface area (Å²) in [4.78, 5) is 8.97. The Kier molecular flexibility index (Phi) is 3.65. The summed E-state index contributed by atoms with van der Waals surface area (Å²) in [5.74, 6) is 2.61. The quantitative estimate of drug-likeness (QED) is 0.479. The second-order valence-corrected chi connectivity index (χ2v) is 6.83. The topological polar surface area (TPSA) is 83.3 Å². The van der Waals surface area contributed by atoms with Gasteiger partial charge in [-0.05, 0) is 49.2 Å². The first-order valence-corrected chi connectivity index (χ1v) is 8.90. The number of aromatic nitrogens is 6. The Bertz CT molecular complexity index is 1290. The van der Waals surface area contributed by atoms with Crippen LogP contribution in [0.15, 0.2) is 47.3 Å². The average Bonchev–Trinajstić information content (AvgIpc) is 3.36. The molecule has 140 valence electrons. The molecule has 0 saturated heterocycles. The van der Waals surface area contributed by atoms with Crippen LogP contribution in [0.25, 0.3) is 28.3 Å². The zero-order valence-corrected chi connectivity index (χ0v) is 15.7. The molecule has 0 fully saturated rings. The third-order valence-corrected chi connectivity index (χ3v) is 4.53. The minimum atomic E-state index is 0.338. The number of nitrogens with zero attached hydrogens (tertiary/aromatic N) is 6. The molecule has 0 saturated carbocycles. The lowest BCUT2D eigenvalue weighted by molar-refractivity contribution is 0.271. The first-order chi connectivity index (χ1) is 13.6. The molecule has 0 aliphatic heterocycles. The normalized spacial score (nSPS) is 11.5. The van der Waals surface area contributed by atoms with E-state index in [0.29, 0.717) is 29.6 Å². The largest absolute Gasteiger partial charge is 0.486 e. The van der Waals surface area contributed by atoms with Crippen LogP contribution < -0.4 is 4.74 Å². The third kappa shape index (κ3) is 2.79. The van der Waals surface area contributed by atoms with Gasteiger partial charge in [-0.1, -0.05) is 6.07 Å². The van der Waals surface area contributed by atoms with E-state index in [1.165, 1.54) is 11.1 Å². The van der Waals surface area contributed by atoms with Gasteiger partial charge in [-0.25, -0.2) is 14.5 Å². The summed E-state index contributed by atoms with van der Waals surface area (Å²) in [6, 6.07) is 9.85. The molecule has 8 nitrogen and oxygen atoms in total. The van der Waals surface area contributed by atoms with Crippen molar-refractivity contribution in [3.8, 4) is 17.3 Å². The van der Waals surface area contributed by atoms with Crippen LogP contribution in [0.5, 0.6) is 5.75 Å². The molecule has 0 aliphatic carbocycles. The highest BCUT2D eigenvalue weighted by atomic mass is 16.5. The smallest absolute Gasteiger partial charge is 0.217 e. The predicted octanol–water partition coefficient (Wildman–Crippen LogP) is 3.47. The van der Waals surface area contributed by atoms with Crippen LogP contribution in [-0.4, -0.2) is 29.4 Å². The van der Waals surface area contributed by atoms with E-state index in [1.54, 1.807) is 21.7 Å². The molecular weight excluding hydrogens is 356 g/mol. The molecule has 4 aromatic heterocycles. The number of furan rings is 1. The number of hydrogen-bond acceptors (Lipinski definition) is 6. The molecule has 0 aliphatic rings. The molecule has 1 aromatic carbocycles. The van der Waals surface area contributed by atoms with Crippen molar-refractivity contribution in [1.29, 1.82) is 0 Å². The summed E-state index contributed by atoms with van der Waals surface area (Å²) in [6.45, 7) is 4.44. The van der Waals surface area contributed by atoms with Crippen molar-refractivity contribution in [2.24, 2.45) is 7.05 Å². The summed E-state index contributed by atoms with van der Waals surface area (Å²) in [5.41, 5.74) is 3.78. The van der Waals surface area contributed by atoms with Gasteiger partial charge in [0.1, 0.15) is 24.4 Å². The monoisotopic (exact) mass is 374 g/mol. The number of hydrogen-bond donors (Lipinski definition) is 0. The van der Waals surface area contributed by atoms with Crippen LogP contribution in [0.1, 0.15) is 16.9 Å². The standard InChI is InChI=1S/C20H18N6O2/c1-12-6-13(2)8-15(7-12)27-10-14-4-5-17(28-14)18-23-20-16-9-22-25(3)19(16)21-11-26(20)24-18/h4-9,11H,10H2,1-3H3. The first-order valence-electron chi connectivity index (χ1n) is 8.90. The average molecular weight is 374 g/mol. The van der Waals surface area contributed by atoms with E-state index in [2.05, 4.69) is 26.2 Å². The van der Waals surface area contributed by atoms with Crippen LogP contribution in [0.2, 0.25) is 0 Å². The zero-order valence-electron chi connectivity index (χ0n) is 15.7. The lowest BCUT2D eigenvalue weighted by atomic mass is 10.1. The van der Waals surface area contributed by atoms with Gasteiger partial charge >= 0.3 is 0 Å². The van der Waals surface area contributed by atoms with E-state index in [4.69, 9.17) is 9.15 Å². The fourth-order valence-corrected chi connectivity index (χ4v) is 3.29. The molecule has 0 atom stereocenters. The van der Waals surface area contributed by atoms with Crippen molar-refractivity contribution in [1.82, 2.24) is 29.4 Å². The number of aryl methyl sites for hydroxylation is 3. The van der Waals surface area contributed by atoms with Crippen molar-refractivity contribution in [2.45, 2.75) is 20.5 Å². The number of rotatable bonds is 4. The SMILES string of the molecule is Cc1cc(C)cc(OCc2ccc(-c3nc4c5cnn(C)c5ncn4n3)o2)c1. The molecule has 8 heteroatoms. The Morgan fingerprint density at radius 3 is 2.71 bits per heavy atom. The van der Waals surface area contributed by atoms with Crippen LogP contribution in [0, 0.1) is 13.8 Å². The molecule has 0 unspecified atom stereocenters. The molecule has 0 N–H and O–H groups in total. The highest BCUT2D eigenvalue weighted by Crippen LogP contribution is 2.24. The van der Waals surface area contributed by atoms with Crippen molar-refractivity contribution in [2.75, 3.05) is 0 Å². The second kappa shape index (κ2) is 6.19. The van der Waals surface area contributed by atoms with Crippen LogP contribution in [-0.2, 0) is 13.7 Å². The maximum Gasteiger partial charge on any atom is 0.217 e. The van der Waals surface area contributed by atoms with Crippen LogP contribution in [0.3, 0.4) is 0 Å². The van der Waals surface area contributed by atoms with E-state index in [9.17, 15) is 0 Å². The predicted molar refractivity (Wildman–Crippen MR) is 103 cm³/mol. The van der Waals surface area contributed by atoms with E-state index in [0.717, 1.165) is 16.8 Å². The van der Waals surface area contributed by atoms with Gasteiger partial charge in [0.25, 0.3) is 0 Å². The van der Waals surface area contributed by atoms with E-state index in [-0.39, 0.29) is 0 Å². The van der Waals surface area contributed by atoms with Crippen molar-refractivity contribution >= 4 is 16.7 Å². The van der Waals surface area contributed by atoms with Gasteiger partial charge in [0, 0.05) is 7.05 Å². The fourth-order valence-electron chi connectivity index (χ4n) is 3.29. The maximum atomic E-state index is 5.89. The van der Waals surface area contributed by atoms with E-state index in [1.807, 2.05) is 45.2 Å². The molecule has 5 rings (SSSR count). The Morgan fingerprint density at radius 2 is 1.89 bits per heavy atom. The number of benzene rings is 1. The highest BCUT2D eigenvalue weighted by Gasteiger charge is 2.15. The van der Waals surface area contributed by atoms with Crippen LogP contribution in [0.4, 0.5) is 0 Å². The minimum Gasteiger partial charge on any atom is -0.486 e. The van der Waals surface area contributed by atoms with Gasteiger partial charge in [-0.3, -0.25) is 4.68 Å². The molecule has 5 aromatic rings. The molecule has 0 bridgehead atoms. The Morgan fingerprint density at radius 1 is 1.07 bits per heavy atom. The van der Waals surface area contributed by atoms with Gasteiger partial charge in [0.2, 0.25) is 5.82 Å². The molecule has 0 spiro atoms. The van der Waals surface area contributed by atoms with E-state index >= 15 is 0 Å². The first kappa shape index (κ1) is 16.5. The van der Waals surface area contributed by atoms with Gasteiger partial charge in [0.05, 0.1) is 11.6 Å². The van der Waals surface area contributed by atoms with E-state index < -0.39 is 0 Å². The zero-order chi connectivity index (χ0) is 19.3. The summed E-state index contributed by atoms with van der Waals surface area (Å²) in [5, 5.41) is 9.54. The summed E-state index contributed by atoms with van der Waals surface area (Å²) >= 11 is 0. The second-order valence-electron chi connectivity index (χ2n) is 6.83. The van der Waals surface area contributed by atoms with Crippen LogP contribution >= 0.6 is 0 Å². The summed E-state index contributed by atoms with van der Waals surface area (Å²) in [6.07, 6.45) is 3.37. The van der Waals surface area contributed by atoms with Crippen molar-refractivity contribution in [3.05, 3.63) is 59.7 Å². The van der Waals surface area contributed by atoms with Gasteiger partial charge in [0.15, 0.2) is 17.1 Å². The molecule has 0 amide bonds. The lowest BCUT2D eigenvalue weighted by Crippen LogP contribution is -1.95. The Hall–Kier alpha value is -3.68. The number of fused-ring (bicyclic) bond motifs is 3. The van der Waals surface area contributed by atoms with Gasteiger partial charge in [-0.15, -0.1) is 5.10 Å². The molecular formula is C20H18N6O2. The third-order valence-electron chi connectivity index (χ3n) is 4.53. The summed E-state index contributed by atoms with van der Waals surface area (Å²) < 4.78 is 15.1. The maximum absolute atomic E-state index is 5.89. The van der Waals surface area contributed by atoms with Crippen molar-refractivity contribution < 1.29 is 9.15 Å². The fraction of sp³-hybridized carbons (Fsp3) is 0.200. The molecule has 0 radical (unpaired) electrons. The summed E-state index contributed by atoms with van der Waals surface area (Å²) in [7, 11) is 1.84. The highest BCUT2D eigenvalue weighted by molar-refractivity contribution is 5.88. The lowest BCUT2D eigenvalue weighted by Gasteiger charge is -2.06. The van der Waals surface area contributed by atoms with Crippen molar-refractivity contribution in [3.63, 3.8) is 0 Å². The minimum absolute atomic E-state index is 0.338. The Balaban J connectivity index is 1.41. The Labute approximate surface area is 160 Å². The van der Waals surface area contributed by atoms with Gasteiger partial charge < -0.3 is 9.15 Å². The number of ether oxygens (including phenoxy) is 1.